The van der Waals surface area contributed by atoms with Gasteiger partial charge in [0.25, 0.3) is 0 Å². The van der Waals surface area contributed by atoms with Gasteiger partial charge < -0.3 is 19.9 Å². The number of fused-ring (bicyclic) bond motifs is 1. The van der Waals surface area contributed by atoms with Crippen LogP contribution in [-0.4, -0.2) is 24.1 Å². The molecule has 2 N–H and O–H groups in total. The third-order valence-corrected chi connectivity index (χ3v) is 5.71. The van der Waals surface area contributed by atoms with E-state index in [2.05, 4.69) is 21.2 Å². The standard InChI is InChI=1S/C23H24BrNO5/c1-13(5-11-19(26)25-16-8-6-15(24)7-9-16)4-10-17-21(27)20-18(12-30-23(20)28)14(2)22(17)29-3/h4,6-9,27H,5,10-12H2,1-3H3,(H,25,26)/b13-4+. The van der Waals surface area contributed by atoms with E-state index in [1.807, 2.05) is 44.2 Å². The van der Waals surface area contributed by atoms with Crippen molar-refractivity contribution < 1.29 is 24.2 Å². The number of hydrogen-bond acceptors (Lipinski definition) is 5. The Morgan fingerprint density at radius 1 is 1.30 bits per heavy atom. The maximum absolute atomic E-state index is 12.2. The highest BCUT2D eigenvalue weighted by atomic mass is 79.9. The fourth-order valence-electron chi connectivity index (χ4n) is 3.47. The lowest BCUT2D eigenvalue weighted by Gasteiger charge is -2.15. The Hall–Kier alpha value is -2.80. The number of ether oxygens (including phenoxy) is 2. The van der Waals surface area contributed by atoms with E-state index in [1.165, 1.54) is 0 Å². The van der Waals surface area contributed by atoms with Gasteiger partial charge in [0.15, 0.2) is 0 Å². The van der Waals surface area contributed by atoms with E-state index < -0.39 is 5.97 Å². The molecule has 1 aliphatic heterocycles. The molecule has 0 saturated carbocycles. The maximum atomic E-state index is 12.2. The van der Waals surface area contributed by atoms with Crippen LogP contribution in [0, 0.1) is 6.92 Å². The molecule has 2 aromatic carbocycles. The van der Waals surface area contributed by atoms with Crippen molar-refractivity contribution in [3.05, 3.63) is 62.6 Å². The molecular weight excluding hydrogens is 450 g/mol. The molecule has 2 aromatic rings. The summed E-state index contributed by atoms with van der Waals surface area (Å²) < 4.78 is 11.5. The second-order valence-corrected chi connectivity index (χ2v) is 8.14. The van der Waals surface area contributed by atoms with Gasteiger partial charge in [0.05, 0.1) is 7.11 Å². The number of aromatic hydroxyl groups is 1. The molecule has 0 radical (unpaired) electrons. The number of amides is 1. The van der Waals surface area contributed by atoms with E-state index in [4.69, 9.17) is 9.47 Å². The summed E-state index contributed by atoms with van der Waals surface area (Å²) in [5.74, 6) is -0.116. The molecule has 0 unspecified atom stereocenters. The number of cyclic esters (lactones) is 1. The Morgan fingerprint density at radius 3 is 2.67 bits per heavy atom. The van der Waals surface area contributed by atoms with Crippen LogP contribution in [-0.2, 0) is 22.6 Å². The Balaban J connectivity index is 1.67. The molecule has 1 aliphatic rings. The van der Waals surface area contributed by atoms with Crippen molar-refractivity contribution in [1.29, 1.82) is 0 Å². The van der Waals surface area contributed by atoms with E-state index in [0.717, 1.165) is 21.3 Å². The van der Waals surface area contributed by atoms with Crippen LogP contribution < -0.4 is 10.1 Å². The van der Waals surface area contributed by atoms with Crippen LogP contribution in [0.15, 0.2) is 40.4 Å². The van der Waals surface area contributed by atoms with Crippen molar-refractivity contribution in [3.63, 3.8) is 0 Å². The number of phenolic OH excluding ortho intramolecular Hbond substituents is 1. The average Bonchev–Trinajstić information content (AvgIpc) is 3.11. The van der Waals surface area contributed by atoms with Gasteiger partial charge in [0, 0.05) is 27.7 Å². The third-order valence-electron chi connectivity index (χ3n) is 5.18. The summed E-state index contributed by atoms with van der Waals surface area (Å²) in [4.78, 5) is 24.2. The van der Waals surface area contributed by atoms with E-state index in [0.29, 0.717) is 36.1 Å². The highest BCUT2D eigenvalue weighted by Gasteiger charge is 2.31. The smallest absolute Gasteiger partial charge is 0.342 e. The number of rotatable bonds is 7. The first kappa shape index (κ1) is 21.9. The number of nitrogens with one attached hydrogen (secondary N) is 1. The fraction of sp³-hybridized carbons (Fsp3) is 0.304. The monoisotopic (exact) mass is 473 g/mol. The SMILES string of the molecule is COc1c(C)c2c(c(O)c1C/C=C(\C)CCC(=O)Nc1ccc(Br)cc1)C(=O)OC2. The van der Waals surface area contributed by atoms with Crippen LogP contribution in [0.3, 0.4) is 0 Å². The Bertz CT molecular complexity index is 1010. The molecule has 30 heavy (non-hydrogen) atoms. The maximum Gasteiger partial charge on any atom is 0.342 e. The van der Waals surface area contributed by atoms with Crippen molar-refractivity contribution >= 4 is 33.5 Å². The number of allylic oxidation sites excluding steroid dienone is 2. The predicted octanol–water partition coefficient (Wildman–Crippen LogP) is 5.05. The van der Waals surface area contributed by atoms with Crippen LogP contribution in [0.4, 0.5) is 5.69 Å². The summed E-state index contributed by atoms with van der Waals surface area (Å²) in [6.07, 6.45) is 3.25. The lowest BCUT2D eigenvalue weighted by molar-refractivity contribution is -0.116. The first-order valence-corrected chi connectivity index (χ1v) is 10.4. The van der Waals surface area contributed by atoms with Gasteiger partial charge in [-0.3, -0.25) is 4.79 Å². The van der Waals surface area contributed by atoms with Crippen molar-refractivity contribution in [1.82, 2.24) is 0 Å². The van der Waals surface area contributed by atoms with Gasteiger partial charge in [-0.2, -0.15) is 0 Å². The number of phenols is 1. The fourth-order valence-corrected chi connectivity index (χ4v) is 3.74. The van der Waals surface area contributed by atoms with Gasteiger partial charge in [-0.05, 0) is 56.5 Å². The number of carbonyl (C=O) groups excluding carboxylic acids is 2. The highest BCUT2D eigenvalue weighted by Crippen LogP contribution is 2.42. The van der Waals surface area contributed by atoms with Crippen LogP contribution in [0.2, 0.25) is 0 Å². The van der Waals surface area contributed by atoms with Gasteiger partial charge in [0.1, 0.15) is 23.7 Å². The summed E-state index contributed by atoms with van der Waals surface area (Å²) in [6.45, 7) is 3.93. The molecule has 0 atom stereocenters. The molecule has 0 aromatic heterocycles. The number of esters is 1. The number of hydrogen-bond donors (Lipinski definition) is 2. The van der Waals surface area contributed by atoms with Gasteiger partial charge in [-0.15, -0.1) is 0 Å². The van der Waals surface area contributed by atoms with Crippen LogP contribution in [0.5, 0.6) is 11.5 Å². The number of halogens is 1. The zero-order valence-electron chi connectivity index (χ0n) is 17.2. The quantitative estimate of drug-likeness (QED) is 0.434. The normalized spacial score (nSPS) is 13.1. The largest absolute Gasteiger partial charge is 0.507 e. The second kappa shape index (κ2) is 9.34. The molecule has 7 heteroatoms. The molecule has 3 rings (SSSR count). The Morgan fingerprint density at radius 2 is 2.00 bits per heavy atom. The van der Waals surface area contributed by atoms with Crippen molar-refractivity contribution in [2.45, 2.75) is 39.7 Å². The van der Waals surface area contributed by atoms with Crippen molar-refractivity contribution in [3.8, 4) is 11.5 Å². The minimum atomic E-state index is -0.514. The van der Waals surface area contributed by atoms with E-state index in [-0.39, 0.29) is 23.8 Å². The molecule has 1 heterocycles. The van der Waals surface area contributed by atoms with Gasteiger partial charge >= 0.3 is 5.97 Å². The van der Waals surface area contributed by atoms with Crippen LogP contribution in [0.25, 0.3) is 0 Å². The van der Waals surface area contributed by atoms with Crippen molar-refractivity contribution in [2.24, 2.45) is 0 Å². The lowest BCUT2D eigenvalue weighted by Crippen LogP contribution is -2.11. The van der Waals surface area contributed by atoms with E-state index >= 15 is 0 Å². The zero-order valence-corrected chi connectivity index (χ0v) is 18.8. The Labute approximate surface area is 184 Å². The lowest BCUT2D eigenvalue weighted by atomic mass is 9.94. The number of carbonyl (C=O) groups is 2. The third kappa shape index (κ3) is 4.67. The zero-order chi connectivity index (χ0) is 21.8. The molecule has 1 amide bonds. The summed E-state index contributed by atoms with van der Waals surface area (Å²) >= 11 is 3.36. The van der Waals surface area contributed by atoms with Gasteiger partial charge in [-0.1, -0.05) is 27.6 Å². The molecule has 158 valence electrons. The molecule has 0 saturated heterocycles. The first-order chi connectivity index (χ1) is 14.3. The molecular formula is C23H24BrNO5. The molecule has 0 bridgehead atoms. The van der Waals surface area contributed by atoms with Gasteiger partial charge in [-0.25, -0.2) is 4.79 Å². The molecule has 6 nitrogen and oxygen atoms in total. The Kier molecular flexibility index (Phi) is 6.82. The topological polar surface area (TPSA) is 84.9 Å². The summed E-state index contributed by atoms with van der Waals surface area (Å²) in [7, 11) is 1.54. The minimum Gasteiger partial charge on any atom is -0.507 e. The predicted molar refractivity (Wildman–Crippen MR) is 118 cm³/mol. The molecule has 0 spiro atoms. The van der Waals surface area contributed by atoms with Crippen molar-refractivity contribution in [2.75, 3.05) is 12.4 Å². The number of benzene rings is 2. The molecule has 0 aliphatic carbocycles. The number of methoxy groups -OCH3 is 1. The minimum absolute atomic E-state index is 0.0679. The summed E-state index contributed by atoms with van der Waals surface area (Å²) in [6, 6.07) is 7.41. The number of anilines is 1. The van der Waals surface area contributed by atoms with Crippen LogP contribution in [0.1, 0.15) is 46.8 Å². The van der Waals surface area contributed by atoms with Crippen LogP contribution >= 0.6 is 15.9 Å². The highest BCUT2D eigenvalue weighted by molar-refractivity contribution is 9.10. The second-order valence-electron chi connectivity index (χ2n) is 7.22. The average molecular weight is 474 g/mol. The summed E-state index contributed by atoms with van der Waals surface area (Å²) in [5, 5.41) is 13.5. The van der Waals surface area contributed by atoms with E-state index in [1.54, 1.807) is 7.11 Å². The van der Waals surface area contributed by atoms with E-state index in [9.17, 15) is 14.7 Å². The first-order valence-electron chi connectivity index (χ1n) is 9.61. The van der Waals surface area contributed by atoms with Gasteiger partial charge in [0.2, 0.25) is 5.91 Å². The molecule has 0 fully saturated rings. The summed E-state index contributed by atoms with van der Waals surface area (Å²) in [5.41, 5.74) is 3.99.